The number of hydrogen-bond donors (Lipinski definition) is 1. The maximum atomic E-state index is 12.6. The minimum atomic E-state index is -0.0873. The Bertz CT molecular complexity index is 721. The molecule has 0 radical (unpaired) electrons. The minimum absolute atomic E-state index is 0.0873. The Kier molecular flexibility index (Phi) is 5.16. The lowest BCUT2D eigenvalue weighted by Gasteiger charge is -2.16. The first-order chi connectivity index (χ1) is 10.5. The number of benzene rings is 1. The third kappa shape index (κ3) is 2.74. The molecule has 1 aromatic carbocycles. The van der Waals surface area contributed by atoms with Crippen molar-refractivity contribution in [3.05, 3.63) is 38.1 Å². The summed E-state index contributed by atoms with van der Waals surface area (Å²) in [5.74, 6) is 0.100. The first-order valence-electron chi connectivity index (χ1n) is 7.80. The predicted molar refractivity (Wildman–Crippen MR) is 93.5 cm³/mol. The molecule has 0 aliphatic carbocycles. The summed E-state index contributed by atoms with van der Waals surface area (Å²) in [5.41, 5.74) is 3.19. The standard InChI is InChI=1S/C15H17BrN2O2.C2H6/c1-9-7-11(16)8-10(2)12(9)13-14(19)17-5-3-4-6-18(17)15(13)20;1-2/h7-8,19H,3-6H2,1-2H3;1-2H3. The van der Waals surface area contributed by atoms with Gasteiger partial charge in [-0.3, -0.25) is 9.48 Å². The molecule has 1 aliphatic rings. The highest BCUT2D eigenvalue weighted by atomic mass is 79.9. The molecule has 0 amide bonds. The van der Waals surface area contributed by atoms with Crippen LogP contribution in [0.15, 0.2) is 21.4 Å². The van der Waals surface area contributed by atoms with Crippen molar-refractivity contribution in [3.8, 4) is 17.0 Å². The van der Waals surface area contributed by atoms with Crippen molar-refractivity contribution in [2.24, 2.45) is 0 Å². The summed E-state index contributed by atoms with van der Waals surface area (Å²) in [5, 5.41) is 10.5. The Hall–Kier alpha value is -1.49. The average molecular weight is 367 g/mol. The van der Waals surface area contributed by atoms with Crippen LogP contribution in [0.3, 0.4) is 0 Å². The lowest BCUT2D eigenvalue weighted by Crippen LogP contribution is -2.27. The van der Waals surface area contributed by atoms with Crippen molar-refractivity contribution in [1.29, 1.82) is 0 Å². The summed E-state index contributed by atoms with van der Waals surface area (Å²) in [7, 11) is 0. The lowest BCUT2D eigenvalue weighted by atomic mass is 9.98. The van der Waals surface area contributed by atoms with E-state index < -0.39 is 0 Å². The van der Waals surface area contributed by atoms with Gasteiger partial charge in [0.2, 0.25) is 5.88 Å². The highest BCUT2D eigenvalue weighted by molar-refractivity contribution is 9.10. The molecule has 0 spiro atoms. The topological polar surface area (TPSA) is 47.2 Å². The van der Waals surface area contributed by atoms with E-state index >= 15 is 0 Å². The molecule has 1 N–H and O–H groups in total. The van der Waals surface area contributed by atoms with Crippen LogP contribution in [0.4, 0.5) is 0 Å². The number of nitrogens with zero attached hydrogens (tertiary/aromatic N) is 2. The number of rotatable bonds is 1. The van der Waals surface area contributed by atoms with E-state index in [0.29, 0.717) is 18.7 Å². The van der Waals surface area contributed by atoms with Gasteiger partial charge in [0.15, 0.2) is 0 Å². The Balaban J connectivity index is 0.000000847. The molecular weight excluding hydrogens is 344 g/mol. The van der Waals surface area contributed by atoms with E-state index in [2.05, 4.69) is 15.9 Å². The van der Waals surface area contributed by atoms with Gasteiger partial charge in [0, 0.05) is 17.6 Å². The molecule has 0 atom stereocenters. The first kappa shape index (κ1) is 16.9. The Labute approximate surface area is 139 Å². The zero-order chi connectivity index (χ0) is 16.4. The Morgan fingerprint density at radius 3 is 2.00 bits per heavy atom. The van der Waals surface area contributed by atoms with E-state index in [9.17, 15) is 9.90 Å². The monoisotopic (exact) mass is 366 g/mol. The van der Waals surface area contributed by atoms with Crippen molar-refractivity contribution in [2.75, 3.05) is 0 Å². The maximum Gasteiger partial charge on any atom is 0.278 e. The second-order valence-corrected chi connectivity index (χ2v) is 6.29. The average Bonchev–Trinajstić information content (AvgIpc) is 2.74. The van der Waals surface area contributed by atoms with Crippen molar-refractivity contribution in [1.82, 2.24) is 9.36 Å². The molecular formula is C17H23BrN2O2. The number of aromatic nitrogens is 2. The van der Waals surface area contributed by atoms with E-state index in [1.54, 1.807) is 9.36 Å². The van der Waals surface area contributed by atoms with Crippen LogP contribution in [0, 0.1) is 13.8 Å². The van der Waals surface area contributed by atoms with Gasteiger partial charge in [-0.05, 0) is 55.5 Å². The molecule has 120 valence electrons. The van der Waals surface area contributed by atoms with Crippen molar-refractivity contribution in [3.63, 3.8) is 0 Å². The number of halogens is 1. The summed E-state index contributed by atoms with van der Waals surface area (Å²) in [6.07, 6.45) is 1.99. The fourth-order valence-electron chi connectivity index (χ4n) is 3.07. The van der Waals surface area contributed by atoms with Crippen LogP contribution in [0.5, 0.6) is 5.88 Å². The summed E-state index contributed by atoms with van der Waals surface area (Å²) in [6, 6.07) is 3.95. The molecule has 1 aromatic heterocycles. The van der Waals surface area contributed by atoms with Crippen LogP contribution in [0.25, 0.3) is 11.1 Å². The number of aromatic hydroxyl groups is 1. The number of aryl methyl sites for hydroxylation is 2. The summed E-state index contributed by atoms with van der Waals surface area (Å²) in [4.78, 5) is 12.6. The molecule has 3 rings (SSSR count). The van der Waals surface area contributed by atoms with Gasteiger partial charge in [-0.15, -0.1) is 0 Å². The quantitative estimate of drug-likeness (QED) is 0.820. The van der Waals surface area contributed by atoms with Gasteiger partial charge in [0.1, 0.15) is 5.56 Å². The van der Waals surface area contributed by atoms with Gasteiger partial charge in [-0.25, -0.2) is 4.68 Å². The van der Waals surface area contributed by atoms with Crippen LogP contribution >= 0.6 is 15.9 Å². The van der Waals surface area contributed by atoms with Crippen LogP contribution in [0.1, 0.15) is 37.8 Å². The zero-order valence-electron chi connectivity index (χ0n) is 13.6. The third-order valence-corrected chi connectivity index (χ3v) is 4.40. The zero-order valence-corrected chi connectivity index (χ0v) is 15.2. The third-order valence-electron chi connectivity index (χ3n) is 3.95. The first-order valence-corrected chi connectivity index (χ1v) is 8.59. The molecule has 0 saturated heterocycles. The van der Waals surface area contributed by atoms with Gasteiger partial charge in [0.25, 0.3) is 5.56 Å². The normalized spacial score (nSPS) is 13.3. The van der Waals surface area contributed by atoms with E-state index in [1.165, 1.54) is 0 Å². The molecule has 0 bridgehead atoms. The van der Waals surface area contributed by atoms with Gasteiger partial charge < -0.3 is 5.11 Å². The highest BCUT2D eigenvalue weighted by Crippen LogP contribution is 2.34. The summed E-state index contributed by atoms with van der Waals surface area (Å²) >= 11 is 3.46. The molecule has 5 heteroatoms. The highest BCUT2D eigenvalue weighted by Gasteiger charge is 2.24. The van der Waals surface area contributed by atoms with E-state index in [1.807, 2.05) is 39.8 Å². The van der Waals surface area contributed by atoms with Crippen LogP contribution in [0.2, 0.25) is 0 Å². The van der Waals surface area contributed by atoms with Crippen molar-refractivity contribution in [2.45, 2.75) is 53.6 Å². The lowest BCUT2D eigenvalue weighted by molar-refractivity contribution is 0.305. The van der Waals surface area contributed by atoms with Crippen LogP contribution in [-0.2, 0) is 13.1 Å². The molecule has 22 heavy (non-hydrogen) atoms. The molecule has 4 nitrogen and oxygen atoms in total. The van der Waals surface area contributed by atoms with Gasteiger partial charge in [-0.2, -0.15) is 0 Å². The molecule has 0 saturated carbocycles. The Morgan fingerprint density at radius 2 is 1.50 bits per heavy atom. The largest absolute Gasteiger partial charge is 0.493 e. The SMILES string of the molecule is CC.Cc1cc(Br)cc(C)c1-c1c(O)n2n(c1=O)CCCC2. The summed E-state index contributed by atoms with van der Waals surface area (Å²) < 4.78 is 4.36. The second kappa shape index (κ2) is 6.73. The van der Waals surface area contributed by atoms with E-state index in [4.69, 9.17) is 0 Å². The fourth-order valence-corrected chi connectivity index (χ4v) is 3.76. The summed E-state index contributed by atoms with van der Waals surface area (Å²) in [6.45, 7) is 9.32. The molecule has 1 aliphatic heterocycles. The number of fused-ring (bicyclic) bond motifs is 1. The van der Waals surface area contributed by atoms with E-state index in [0.717, 1.165) is 34.0 Å². The van der Waals surface area contributed by atoms with Gasteiger partial charge in [0.05, 0.1) is 0 Å². The van der Waals surface area contributed by atoms with Gasteiger partial charge >= 0.3 is 0 Å². The van der Waals surface area contributed by atoms with Crippen LogP contribution in [-0.4, -0.2) is 14.5 Å². The van der Waals surface area contributed by atoms with Crippen molar-refractivity contribution < 1.29 is 5.11 Å². The Morgan fingerprint density at radius 1 is 1.00 bits per heavy atom. The second-order valence-electron chi connectivity index (χ2n) is 5.37. The van der Waals surface area contributed by atoms with E-state index in [-0.39, 0.29) is 11.4 Å². The smallest absolute Gasteiger partial charge is 0.278 e. The molecule has 0 unspecified atom stereocenters. The predicted octanol–water partition coefficient (Wildman–Crippen LogP) is 4.22. The molecule has 0 fully saturated rings. The fraction of sp³-hybridized carbons (Fsp3) is 0.471. The van der Waals surface area contributed by atoms with Gasteiger partial charge in [-0.1, -0.05) is 29.8 Å². The number of hydrogen-bond acceptors (Lipinski definition) is 2. The molecule has 2 aromatic rings. The maximum absolute atomic E-state index is 12.6. The van der Waals surface area contributed by atoms with Crippen LogP contribution < -0.4 is 5.56 Å². The van der Waals surface area contributed by atoms with Crippen molar-refractivity contribution >= 4 is 15.9 Å². The molecule has 2 heterocycles. The minimum Gasteiger partial charge on any atom is -0.493 e.